The van der Waals surface area contributed by atoms with Crippen LogP contribution < -0.4 is 5.32 Å². The molecular formula is C19H20N4O3S. The lowest BCUT2D eigenvalue weighted by molar-refractivity contribution is -0.129. The summed E-state index contributed by atoms with van der Waals surface area (Å²) in [6.07, 6.45) is 0.526. The van der Waals surface area contributed by atoms with Gasteiger partial charge in [-0.3, -0.25) is 4.79 Å². The van der Waals surface area contributed by atoms with E-state index >= 15 is 0 Å². The summed E-state index contributed by atoms with van der Waals surface area (Å²) in [6, 6.07) is 9.09. The summed E-state index contributed by atoms with van der Waals surface area (Å²) in [4.78, 5) is 29.6. The molecule has 1 unspecified atom stereocenters. The molecule has 0 bridgehead atoms. The van der Waals surface area contributed by atoms with Crippen molar-refractivity contribution in [1.29, 1.82) is 0 Å². The van der Waals surface area contributed by atoms with Crippen LogP contribution in [0.3, 0.4) is 0 Å². The number of carbonyl (C=O) groups is 2. The Bertz CT molecular complexity index is 933. The predicted molar refractivity (Wildman–Crippen MR) is 102 cm³/mol. The number of aryl methyl sites for hydroxylation is 2. The first-order chi connectivity index (χ1) is 12.9. The van der Waals surface area contributed by atoms with E-state index < -0.39 is 12.1 Å². The lowest BCUT2D eigenvalue weighted by atomic mass is 10.2. The van der Waals surface area contributed by atoms with E-state index in [1.54, 1.807) is 35.1 Å². The first kappa shape index (κ1) is 18.8. The van der Waals surface area contributed by atoms with Crippen LogP contribution in [0.25, 0.3) is 5.82 Å². The van der Waals surface area contributed by atoms with Gasteiger partial charge in [-0.15, -0.1) is 11.3 Å². The maximum atomic E-state index is 12.2. The summed E-state index contributed by atoms with van der Waals surface area (Å²) in [5, 5.41) is 9.04. The lowest BCUT2D eigenvalue weighted by Gasteiger charge is -2.13. The minimum atomic E-state index is -0.895. The van der Waals surface area contributed by atoms with Crippen LogP contribution in [0.15, 0.2) is 41.9 Å². The summed E-state index contributed by atoms with van der Waals surface area (Å²) in [5.74, 6) is -0.330. The van der Waals surface area contributed by atoms with Gasteiger partial charge in [0.25, 0.3) is 5.91 Å². The highest BCUT2D eigenvalue weighted by Crippen LogP contribution is 2.12. The van der Waals surface area contributed by atoms with Gasteiger partial charge in [0.1, 0.15) is 0 Å². The number of nitrogens with zero attached hydrogens (tertiary/aromatic N) is 3. The van der Waals surface area contributed by atoms with Crippen LogP contribution in [0.2, 0.25) is 0 Å². The number of hydrogen-bond acceptors (Lipinski definition) is 6. The van der Waals surface area contributed by atoms with Crippen LogP contribution in [-0.4, -0.2) is 32.7 Å². The van der Waals surface area contributed by atoms with Gasteiger partial charge in [-0.25, -0.2) is 14.5 Å². The van der Waals surface area contributed by atoms with Crippen LogP contribution in [-0.2, 0) is 16.1 Å². The number of rotatable bonds is 6. The predicted octanol–water partition coefficient (Wildman–Crippen LogP) is 2.81. The van der Waals surface area contributed by atoms with Crippen molar-refractivity contribution < 1.29 is 14.3 Å². The van der Waals surface area contributed by atoms with Crippen molar-refractivity contribution >= 4 is 23.2 Å². The molecule has 140 valence electrons. The molecule has 3 heterocycles. The second-order valence-electron chi connectivity index (χ2n) is 6.09. The zero-order valence-corrected chi connectivity index (χ0v) is 16.1. The van der Waals surface area contributed by atoms with Gasteiger partial charge in [-0.05, 0) is 50.4 Å². The van der Waals surface area contributed by atoms with Gasteiger partial charge in [-0.1, -0.05) is 6.07 Å². The molecule has 0 radical (unpaired) electrons. The number of nitrogens with one attached hydrogen (secondary N) is 1. The molecule has 3 aromatic rings. The second-order valence-corrected chi connectivity index (χ2v) is 7.12. The van der Waals surface area contributed by atoms with Crippen molar-refractivity contribution in [2.24, 2.45) is 0 Å². The maximum Gasteiger partial charge on any atom is 0.340 e. The summed E-state index contributed by atoms with van der Waals surface area (Å²) in [7, 11) is 0. The van der Waals surface area contributed by atoms with E-state index in [1.165, 1.54) is 6.20 Å². The molecule has 3 aromatic heterocycles. The Balaban J connectivity index is 1.58. The second kappa shape index (κ2) is 8.13. The zero-order valence-electron chi connectivity index (χ0n) is 15.3. The van der Waals surface area contributed by atoms with E-state index in [1.807, 2.05) is 37.4 Å². The number of aromatic nitrogens is 3. The van der Waals surface area contributed by atoms with Crippen molar-refractivity contribution in [1.82, 2.24) is 20.1 Å². The topological polar surface area (TPSA) is 86.1 Å². The molecule has 7 nitrogen and oxygen atoms in total. The Morgan fingerprint density at radius 3 is 2.70 bits per heavy atom. The fraction of sp³-hybridized carbons (Fsp3) is 0.263. The van der Waals surface area contributed by atoms with Crippen LogP contribution >= 0.6 is 11.3 Å². The average molecular weight is 384 g/mol. The molecule has 0 aromatic carbocycles. The zero-order chi connectivity index (χ0) is 19.4. The molecule has 0 aliphatic carbocycles. The van der Waals surface area contributed by atoms with Gasteiger partial charge >= 0.3 is 5.97 Å². The third-order valence-electron chi connectivity index (χ3n) is 3.88. The van der Waals surface area contributed by atoms with Gasteiger partial charge in [0.05, 0.1) is 17.8 Å². The van der Waals surface area contributed by atoms with Crippen LogP contribution in [0.5, 0.6) is 0 Å². The smallest absolute Gasteiger partial charge is 0.340 e. The molecule has 0 aliphatic rings. The first-order valence-electron chi connectivity index (χ1n) is 8.45. The van der Waals surface area contributed by atoms with Crippen LogP contribution in [0, 0.1) is 13.8 Å². The molecule has 1 atom stereocenters. The molecule has 27 heavy (non-hydrogen) atoms. The molecule has 8 heteroatoms. The largest absolute Gasteiger partial charge is 0.449 e. The molecule has 3 rings (SSSR count). The van der Waals surface area contributed by atoms with E-state index in [0.29, 0.717) is 12.4 Å². The highest BCUT2D eigenvalue weighted by Gasteiger charge is 2.19. The SMILES string of the molecule is Cc1cc(C)n(-c2ccc(C(=O)OC(C)C(=O)NCc3cccs3)cn2)n1. The third-order valence-corrected chi connectivity index (χ3v) is 4.76. The minimum Gasteiger partial charge on any atom is -0.449 e. The fourth-order valence-electron chi connectivity index (χ4n) is 2.51. The van der Waals surface area contributed by atoms with Crippen molar-refractivity contribution in [3.63, 3.8) is 0 Å². The molecule has 0 saturated carbocycles. The fourth-order valence-corrected chi connectivity index (χ4v) is 3.15. The molecule has 0 saturated heterocycles. The molecule has 0 spiro atoms. The van der Waals surface area contributed by atoms with E-state index in [-0.39, 0.29) is 11.5 Å². The third kappa shape index (κ3) is 4.59. The van der Waals surface area contributed by atoms with E-state index in [2.05, 4.69) is 15.4 Å². The highest BCUT2D eigenvalue weighted by atomic mass is 32.1. The molecular weight excluding hydrogens is 364 g/mol. The Hall–Kier alpha value is -3.00. The number of esters is 1. The number of hydrogen-bond donors (Lipinski definition) is 1. The van der Waals surface area contributed by atoms with Crippen molar-refractivity contribution in [3.05, 3.63) is 63.7 Å². The maximum absolute atomic E-state index is 12.2. The van der Waals surface area contributed by atoms with Gasteiger partial charge in [-0.2, -0.15) is 5.10 Å². The molecule has 1 N–H and O–H groups in total. The Labute approximate surface area is 161 Å². The summed E-state index contributed by atoms with van der Waals surface area (Å²) >= 11 is 1.55. The lowest BCUT2D eigenvalue weighted by Crippen LogP contribution is -2.35. The van der Waals surface area contributed by atoms with Crippen LogP contribution in [0.1, 0.15) is 33.5 Å². The van der Waals surface area contributed by atoms with Crippen LogP contribution in [0.4, 0.5) is 0 Å². The van der Waals surface area contributed by atoms with Gasteiger partial charge < -0.3 is 10.1 Å². The first-order valence-corrected chi connectivity index (χ1v) is 9.33. The summed E-state index contributed by atoms with van der Waals surface area (Å²) in [5.41, 5.74) is 2.12. The van der Waals surface area contributed by atoms with E-state index in [4.69, 9.17) is 4.74 Å². The molecule has 0 aliphatic heterocycles. The number of pyridine rings is 1. The number of amides is 1. The Kier molecular flexibility index (Phi) is 5.66. The van der Waals surface area contributed by atoms with Crippen molar-refractivity contribution in [3.8, 4) is 5.82 Å². The average Bonchev–Trinajstić information content (AvgIpc) is 3.28. The summed E-state index contributed by atoms with van der Waals surface area (Å²) < 4.78 is 6.93. The van der Waals surface area contributed by atoms with E-state index in [9.17, 15) is 9.59 Å². The van der Waals surface area contributed by atoms with Gasteiger partial charge in [0, 0.05) is 16.8 Å². The number of thiophene rings is 1. The normalized spacial score (nSPS) is 11.8. The Morgan fingerprint density at radius 1 is 1.30 bits per heavy atom. The van der Waals surface area contributed by atoms with Gasteiger partial charge in [0.15, 0.2) is 11.9 Å². The van der Waals surface area contributed by atoms with Crippen molar-refractivity contribution in [2.75, 3.05) is 0 Å². The molecule has 1 amide bonds. The minimum absolute atomic E-state index is 0.276. The number of carbonyl (C=O) groups excluding carboxylic acids is 2. The molecule has 0 fully saturated rings. The Morgan fingerprint density at radius 2 is 2.11 bits per heavy atom. The monoisotopic (exact) mass is 384 g/mol. The van der Waals surface area contributed by atoms with Gasteiger partial charge in [0.2, 0.25) is 0 Å². The van der Waals surface area contributed by atoms with E-state index in [0.717, 1.165) is 16.3 Å². The number of ether oxygens (including phenoxy) is 1. The van der Waals surface area contributed by atoms with Crippen molar-refractivity contribution in [2.45, 2.75) is 33.4 Å². The standard InChI is InChI=1S/C19H20N4O3S/c1-12-9-13(2)23(22-12)17-7-6-15(10-20-17)19(25)26-14(3)18(24)21-11-16-5-4-8-27-16/h4-10,14H,11H2,1-3H3,(H,21,24). The highest BCUT2D eigenvalue weighted by molar-refractivity contribution is 7.09. The summed E-state index contributed by atoms with van der Waals surface area (Å²) in [6.45, 7) is 5.79. The quantitative estimate of drug-likeness (QED) is 0.661.